The van der Waals surface area contributed by atoms with Gasteiger partial charge in [0, 0.05) is 5.69 Å². The Morgan fingerprint density at radius 3 is 2.37 bits per heavy atom. The molecule has 0 spiro atoms. The van der Waals surface area contributed by atoms with Gasteiger partial charge in [-0.3, -0.25) is 4.79 Å². The Labute approximate surface area is 228 Å². The quantitative estimate of drug-likeness (QED) is 0.155. The molecule has 0 fully saturated rings. The number of carbonyl (C=O) groups is 1. The summed E-state index contributed by atoms with van der Waals surface area (Å²) in [5.41, 5.74) is 3.24. The second-order valence-electron chi connectivity index (χ2n) is 8.38. The van der Waals surface area contributed by atoms with Crippen LogP contribution in [-0.2, 0) is 9.53 Å². The molecule has 0 radical (unpaired) electrons. The number of nitriles is 1. The summed E-state index contributed by atoms with van der Waals surface area (Å²) in [5, 5.41) is 12.6. The highest BCUT2D eigenvalue weighted by atomic mass is 35.5. The zero-order valence-corrected chi connectivity index (χ0v) is 22.5. The number of aryl methyl sites for hydroxylation is 2. The summed E-state index contributed by atoms with van der Waals surface area (Å²) in [5.74, 6) is 1.05. The number of anilines is 1. The lowest BCUT2D eigenvalue weighted by Gasteiger charge is -2.15. The minimum Gasteiger partial charge on any atom is -0.491 e. The van der Waals surface area contributed by atoms with Gasteiger partial charge in [-0.1, -0.05) is 41.4 Å². The number of halogens is 1. The van der Waals surface area contributed by atoms with Crippen LogP contribution < -0.4 is 19.5 Å². The first-order valence-corrected chi connectivity index (χ1v) is 12.6. The molecule has 1 N–H and O–H groups in total. The normalized spacial score (nSPS) is 11.0. The van der Waals surface area contributed by atoms with Gasteiger partial charge in [-0.05, 0) is 74.4 Å². The first-order valence-electron chi connectivity index (χ1n) is 12.3. The predicted octanol–water partition coefficient (Wildman–Crippen LogP) is 6.38. The molecule has 0 heterocycles. The van der Waals surface area contributed by atoms with E-state index in [4.69, 9.17) is 30.5 Å². The van der Waals surface area contributed by atoms with Crippen molar-refractivity contribution >= 4 is 29.3 Å². The van der Waals surface area contributed by atoms with Crippen molar-refractivity contribution in [3.05, 3.63) is 87.9 Å². The van der Waals surface area contributed by atoms with E-state index in [1.807, 2.05) is 69.3 Å². The van der Waals surface area contributed by atoms with Crippen molar-refractivity contribution < 1.29 is 23.7 Å². The first kappa shape index (κ1) is 28.6. The SMILES string of the molecule is CCOc1cc(/C=C(\C#N)C(=O)Nc2cccc(C)c2)cc(Cl)c1OCCOCCOc1ccc(C)cc1. The highest BCUT2D eigenvalue weighted by Crippen LogP contribution is 2.37. The highest BCUT2D eigenvalue weighted by molar-refractivity contribution is 6.32. The largest absolute Gasteiger partial charge is 0.491 e. The number of hydrogen-bond acceptors (Lipinski definition) is 6. The summed E-state index contributed by atoms with van der Waals surface area (Å²) < 4.78 is 22.8. The summed E-state index contributed by atoms with van der Waals surface area (Å²) in [6.07, 6.45) is 1.46. The molecule has 0 unspecified atom stereocenters. The Balaban J connectivity index is 1.57. The maximum absolute atomic E-state index is 12.7. The fourth-order valence-electron chi connectivity index (χ4n) is 3.47. The Morgan fingerprint density at radius 2 is 1.68 bits per heavy atom. The molecule has 0 aliphatic heterocycles. The van der Waals surface area contributed by atoms with Gasteiger partial charge in [0.2, 0.25) is 0 Å². The van der Waals surface area contributed by atoms with Crippen molar-refractivity contribution in [3.63, 3.8) is 0 Å². The molecule has 8 heteroatoms. The van der Waals surface area contributed by atoms with Crippen LogP contribution in [0.15, 0.2) is 66.2 Å². The number of carbonyl (C=O) groups excluding carboxylic acids is 1. The molecule has 3 aromatic carbocycles. The topological polar surface area (TPSA) is 89.8 Å². The van der Waals surface area contributed by atoms with Crippen LogP contribution in [0.3, 0.4) is 0 Å². The second kappa shape index (κ2) is 14.7. The van der Waals surface area contributed by atoms with Crippen LogP contribution in [-0.4, -0.2) is 38.9 Å². The molecular formula is C30H31ClN2O5. The van der Waals surface area contributed by atoms with Gasteiger partial charge in [0.25, 0.3) is 5.91 Å². The number of ether oxygens (including phenoxy) is 4. The minimum atomic E-state index is -0.518. The van der Waals surface area contributed by atoms with Crippen molar-refractivity contribution in [1.29, 1.82) is 5.26 Å². The molecule has 198 valence electrons. The fraction of sp³-hybridized carbons (Fsp3) is 0.267. The molecule has 3 rings (SSSR count). The van der Waals surface area contributed by atoms with Gasteiger partial charge in [0.15, 0.2) is 11.5 Å². The molecule has 0 aliphatic rings. The molecule has 7 nitrogen and oxygen atoms in total. The van der Waals surface area contributed by atoms with Gasteiger partial charge >= 0.3 is 0 Å². The standard InChI is InChI=1S/C30H31ClN2O5/c1-4-36-28-19-23(17-24(20-32)30(34)33-25-7-5-6-22(3)16-25)18-27(31)29(28)38-15-13-35-12-14-37-26-10-8-21(2)9-11-26/h5-11,16-19H,4,12-15H2,1-3H3,(H,33,34)/b24-17+. The summed E-state index contributed by atoms with van der Waals surface area (Å²) in [4.78, 5) is 12.7. The van der Waals surface area contributed by atoms with E-state index >= 15 is 0 Å². The van der Waals surface area contributed by atoms with Gasteiger partial charge in [-0.2, -0.15) is 5.26 Å². The molecule has 3 aromatic rings. The van der Waals surface area contributed by atoms with Crippen molar-refractivity contribution in [2.24, 2.45) is 0 Å². The Kier molecular flexibility index (Phi) is 11.0. The molecule has 38 heavy (non-hydrogen) atoms. The molecular weight excluding hydrogens is 504 g/mol. The third-order valence-electron chi connectivity index (χ3n) is 5.28. The van der Waals surface area contributed by atoms with E-state index in [9.17, 15) is 10.1 Å². The van der Waals surface area contributed by atoms with E-state index in [0.29, 0.717) is 54.2 Å². The van der Waals surface area contributed by atoms with Gasteiger partial charge in [0.1, 0.15) is 30.6 Å². The van der Waals surface area contributed by atoms with Gasteiger partial charge in [-0.25, -0.2) is 0 Å². The zero-order valence-electron chi connectivity index (χ0n) is 21.8. The van der Waals surface area contributed by atoms with E-state index in [0.717, 1.165) is 11.3 Å². The summed E-state index contributed by atoms with van der Waals surface area (Å²) in [6, 6.07) is 20.4. The molecule has 0 bridgehead atoms. The number of hydrogen-bond donors (Lipinski definition) is 1. The van der Waals surface area contributed by atoms with Crippen LogP contribution in [0, 0.1) is 25.2 Å². The lowest BCUT2D eigenvalue weighted by molar-refractivity contribution is -0.112. The third kappa shape index (κ3) is 8.84. The van der Waals surface area contributed by atoms with Crippen LogP contribution in [0.2, 0.25) is 5.02 Å². The summed E-state index contributed by atoms with van der Waals surface area (Å²) in [7, 11) is 0. The Bertz CT molecular complexity index is 1300. The summed E-state index contributed by atoms with van der Waals surface area (Å²) in [6.45, 7) is 7.59. The zero-order chi connectivity index (χ0) is 27.3. The van der Waals surface area contributed by atoms with Crippen LogP contribution >= 0.6 is 11.6 Å². The lowest BCUT2D eigenvalue weighted by atomic mass is 10.1. The molecule has 0 atom stereocenters. The predicted molar refractivity (Wildman–Crippen MR) is 149 cm³/mol. The fourth-order valence-corrected chi connectivity index (χ4v) is 3.74. The molecule has 0 aromatic heterocycles. The monoisotopic (exact) mass is 534 g/mol. The minimum absolute atomic E-state index is 0.0695. The average molecular weight is 535 g/mol. The number of nitrogens with zero attached hydrogens (tertiary/aromatic N) is 1. The lowest BCUT2D eigenvalue weighted by Crippen LogP contribution is -2.13. The van der Waals surface area contributed by atoms with Crippen LogP contribution in [0.5, 0.6) is 17.2 Å². The van der Waals surface area contributed by atoms with Gasteiger partial charge in [-0.15, -0.1) is 0 Å². The smallest absolute Gasteiger partial charge is 0.266 e. The molecule has 1 amide bonds. The number of amides is 1. The molecule has 0 saturated carbocycles. The Morgan fingerprint density at radius 1 is 0.947 bits per heavy atom. The van der Waals surface area contributed by atoms with Crippen LogP contribution in [0.4, 0.5) is 5.69 Å². The maximum Gasteiger partial charge on any atom is 0.266 e. The van der Waals surface area contributed by atoms with Crippen LogP contribution in [0.1, 0.15) is 23.6 Å². The van der Waals surface area contributed by atoms with E-state index < -0.39 is 5.91 Å². The van der Waals surface area contributed by atoms with E-state index in [1.54, 1.807) is 18.2 Å². The van der Waals surface area contributed by atoms with Crippen molar-refractivity contribution in [1.82, 2.24) is 0 Å². The number of rotatable bonds is 13. The number of benzene rings is 3. The van der Waals surface area contributed by atoms with E-state index in [1.165, 1.54) is 11.6 Å². The average Bonchev–Trinajstić information content (AvgIpc) is 2.89. The Hall–Kier alpha value is -3.99. The highest BCUT2D eigenvalue weighted by Gasteiger charge is 2.15. The third-order valence-corrected chi connectivity index (χ3v) is 5.56. The summed E-state index contributed by atoms with van der Waals surface area (Å²) >= 11 is 6.49. The molecule has 0 aliphatic carbocycles. The second-order valence-corrected chi connectivity index (χ2v) is 8.79. The maximum atomic E-state index is 12.7. The first-order chi connectivity index (χ1) is 18.4. The van der Waals surface area contributed by atoms with Gasteiger partial charge < -0.3 is 24.3 Å². The van der Waals surface area contributed by atoms with E-state index in [-0.39, 0.29) is 12.2 Å². The van der Waals surface area contributed by atoms with Crippen LogP contribution in [0.25, 0.3) is 6.08 Å². The van der Waals surface area contributed by atoms with Crippen molar-refractivity contribution in [2.45, 2.75) is 20.8 Å². The number of nitrogens with one attached hydrogen (secondary N) is 1. The van der Waals surface area contributed by atoms with Crippen molar-refractivity contribution in [3.8, 4) is 23.3 Å². The van der Waals surface area contributed by atoms with Crippen molar-refractivity contribution in [2.75, 3.05) is 38.4 Å². The van der Waals surface area contributed by atoms with E-state index in [2.05, 4.69) is 5.32 Å². The molecule has 0 saturated heterocycles. The van der Waals surface area contributed by atoms with Gasteiger partial charge in [0.05, 0.1) is 24.8 Å².